The predicted molar refractivity (Wildman–Crippen MR) is 65.5 cm³/mol. The molecule has 0 bridgehead atoms. The fourth-order valence-corrected chi connectivity index (χ4v) is 2.10. The summed E-state index contributed by atoms with van der Waals surface area (Å²) in [6.45, 7) is 4.44. The van der Waals surface area contributed by atoms with Gasteiger partial charge in [0.2, 0.25) is 0 Å². The van der Waals surface area contributed by atoms with E-state index in [-0.39, 0.29) is 0 Å². The van der Waals surface area contributed by atoms with Crippen LogP contribution >= 0.6 is 0 Å². The molecular formula is C12H14N5O+. The first-order valence-electron chi connectivity index (χ1n) is 5.76. The van der Waals surface area contributed by atoms with Crippen molar-refractivity contribution in [2.75, 3.05) is 0 Å². The van der Waals surface area contributed by atoms with Crippen molar-refractivity contribution in [1.82, 2.24) is 20.1 Å². The van der Waals surface area contributed by atoms with Crippen LogP contribution in [0.1, 0.15) is 17.3 Å². The fraction of sp³-hybridized carbons (Fsp3) is 0.250. The first-order valence-corrected chi connectivity index (χ1v) is 5.76. The summed E-state index contributed by atoms with van der Waals surface area (Å²) >= 11 is 0. The van der Waals surface area contributed by atoms with E-state index in [1.165, 1.54) is 0 Å². The van der Waals surface area contributed by atoms with E-state index >= 15 is 0 Å². The van der Waals surface area contributed by atoms with Crippen LogP contribution in [0.15, 0.2) is 16.8 Å². The van der Waals surface area contributed by atoms with E-state index in [1.807, 2.05) is 19.9 Å². The molecule has 6 nitrogen and oxygen atoms in total. The molecule has 0 aliphatic heterocycles. The standard InChI is InChI=1S/C12H13N5O/c1-6-11(7(2)18-17-6)8-3-9-12(14-5-8)16-10(4-13)15-9/h3,5H,4,13H2,1-2H3,(H,14,15,16)/p+1. The van der Waals surface area contributed by atoms with Crippen LogP contribution in [0.25, 0.3) is 22.3 Å². The number of aromatic nitrogens is 4. The van der Waals surface area contributed by atoms with Crippen molar-refractivity contribution in [2.24, 2.45) is 0 Å². The van der Waals surface area contributed by atoms with E-state index in [0.29, 0.717) is 12.2 Å². The van der Waals surface area contributed by atoms with E-state index < -0.39 is 0 Å². The molecule has 3 rings (SSSR count). The maximum Gasteiger partial charge on any atom is 0.177 e. The quantitative estimate of drug-likeness (QED) is 0.702. The summed E-state index contributed by atoms with van der Waals surface area (Å²) in [7, 11) is 0. The molecule has 3 heterocycles. The van der Waals surface area contributed by atoms with Gasteiger partial charge in [0, 0.05) is 17.3 Å². The lowest BCUT2D eigenvalue weighted by Gasteiger charge is -1.99. The zero-order chi connectivity index (χ0) is 12.7. The Balaban J connectivity index is 2.19. The van der Waals surface area contributed by atoms with Crippen LogP contribution in [0.4, 0.5) is 0 Å². The Morgan fingerprint density at radius 3 is 2.89 bits per heavy atom. The Kier molecular flexibility index (Phi) is 2.38. The van der Waals surface area contributed by atoms with E-state index in [0.717, 1.165) is 33.9 Å². The molecule has 0 spiro atoms. The second kappa shape index (κ2) is 3.92. The van der Waals surface area contributed by atoms with Gasteiger partial charge in [-0.05, 0) is 19.9 Å². The van der Waals surface area contributed by atoms with Crippen molar-refractivity contribution in [3.63, 3.8) is 0 Å². The minimum absolute atomic E-state index is 0.622. The number of imidazole rings is 1. The number of fused-ring (bicyclic) bond motifs is 1. The fourth-order valence-electron chi connectivity index (χ4n) is 2.10. The van der Waals surface area contributed by atoms with E-state index in [2.05, 4.69) is 25.8 Å². The monoisotopic (exact) mass is 244 g/mol. The summed E-state index contributed by atoms with van der Waals surface area (Å²) in [6.07, 6.45) is 1.79. The Bertz CT molecular complexity index is 693. The molecule has 0 saturated carbocycles. The van der Waals surface area contributed by atoms with Crippen molar-refractivity contribution >= 4 is 11.2 Å². The number of aryl methyl sites for hydroxylation is 2. The predicted octanol–water partition coefficient (Wildman–Crippen LogP) is 0.972. The Morgan fingerprint density at radius 1 is 1.39 bits per heavy atom. The van der Waals surface area contributed by atoms with Crippen LogP contribution in [0.5, 0.6) is 0 Å². The molecule has 92 valence electrons. The number of pyridine rings is 1. The molecule has 0 saturated heterocycles. The van der Waals surface area contributed by atoms with Gasteiger partial charge >= 0.3 is 0 Å². The second-order valence-corrected chi connectivity index (χ2v) is 4.23. The Labute approximate surface area is 103 Å². The van der Waals surface area contributed by atoms with E-state index in [4.69, 9.17) is 4.52 Å². The van der Waals surface area contributed by atoms with Gasteiger partial charge in [0.15, 0.2) is 11.5 Å². The topological polar surface area (TPSA) is 95.2 Å². The summed E-state index contributed by atoms with van der Waals surface area (Å²) in [6, 6.07) is 2.01. The van der Waals surface area contributed by atoms with Crippen LogP contribution in [0.2, 0.25) is 0 Å². The Hall–Kier alpha value is -2.21. The molecule has 6 heteroatoms. The third-order valence-electron chi connectivity index (χ3n) is 2.95. The number of quaternary nitrogens is 1. The lowest BCUT2D eigenvalue weighted by Crippen LogP contribution is -2.47. The van der Waals surface area contributed by atoms with Crippen molar-refractivity contribution in [2.45, 2.75) is 20.4 Å². The number of nitrogens with zero attached hydrogens (tertiary/aromatic N) is 3. The van der Waals surface area contributed by atoms with Crippen LogP contribution < -0.4 is 5.73 Å². The molecule has 0 radical (unpaired) electrons. The maximum absolute atomic E-state index is 5.17. The van der Waals surface area contributed by atoms with Gasteiger partial charge in [0.1, 0.15) is 12.3 Å². The molecule has 3 aromatic rings. The van der Waals surface area contributed by atoms with Gasteiger partial charge in [-0.25, -0.2) is 9.97 Å². The minimum atomic E-state index is 0.622. The summed E-state index contributed by atoms with van der Waals surface area (Å²) < 4.78 is 5.17. The average molecular weight is 244 g/mol. The zero-order valence-electron chi connectivity index (χ0n) is 10.3. The third kappa shape index (κ3) is 1.58. The largest absolute Gasteiger partial charge is 0.361 e. The molecule has 0 aliphatic carbocycles. The van der Waals surface area contributed by atoms with Crippen molar-refractivity contribution in [3.05, 3.63) is 29.5 Å². The van der Waals surface area contributed by atoms with Crippen molar-refractivity contribution < 1.29 is 10.3 Å². The molecule has 0 fully saturated rings. The molecular weight excluding hydrogens is 230 g/mol. The third-order valence-corrected chi connectivity index (χ3v) is 2.95. The van der Waals surface area contributed by atoms with Gasteiger partial charge in [0.05, 0.1) is 11.2 Å². The normalized spacial score (nSPS) is 11.3. The highest BCUT2D eigenvalue weighted by molar-refractivity contribution is 5.79. The van der Waals surface area contributed by atoms with Crippen molar-refractivity contribution in [3.8, 4) is 11.1 Å². The highest BCUT2D eigenvalue weighted by atomic mass is 16.5. The van der Waals surface area contributed by atoms with Crippen LogP contribution in [0.3, 0.4) is 0 Å². The molecule has 0 aliphatic rings. The van der Waals surface area contributed by atoms with Gasteiger partial charge in [-0.15, -0.1) is 0 Å². The number of rotatable bonds is 2. The lowest BCUT2D eigenvalue weighted by molar-refractivity contribution is -0.388. The van der Waals surface area contributed by atoms with Gasteiger partial charge in [-0.1, -0.05) is 5.16 Å². The number of H-pyrrole nitrogens is 1. The summed E-state index contributed by atoms with van der Waals surface area (Å²) in [5, 5.41) is 3.96. The lowest BCUT2D eigenvalue weighted by atomic mass is 10.1. The highest BCUT2D eigenvalue weighted by Gasteiger charge is 2.13. The average Bonchev–Trinajstić information content (AvgIpc) is 2.92. The second-order valence-electron chi connectivity index (χ2n) is 4.23. The number of hydrogen-bond acceptors (Lipinski definition) is 4. The van der Waals surface area contributed by atoms with Gasteiger partial charge in [0.25, 0.3) is 0 Å². The summed E-state index contributed by atoms with van der Waals surface area (Å²) in [4.78, 5) is 11.9. The molecule has 4 N–H and O–H groups in total. The maximum atomic E-state index is 5.17. The van der Waals surface area contributed by atoms with Crippen LogP contribution in [0, 0.1) is 13.8 Å². The number of nitrogens with one attached hydrogen (secondary N) is 1. The minimum Gasteiger partial charge on any atom is -0.361 e. The molecule has 0 amide bonds. The van der Waals surface area contributed by atoms with E-state index in [9.17, 15) is 0 Å². The van der Waals surface area contributed by atoms with Crippen LogP contribution in [-0.4, -0.2) is 20.1 Å². The zero-order valence-corrected chi connectivity index (χ0v) is 10.3. The first kappa shape index (κ1) is 10.9. The summed E-state index contributed by atoms with van der Waals surface area (Å²) in [5.41, 5.74) is 8.27. The van der Waals surface area contributed by atoms with E-state index in [1.54, 1.807) is 6.20 Å². The molecule has 0 atom stereocenters. The molecule has 18 heavy (non-hydrogen) atoms. The van der Waals surface area contributed by atoms with Gasteiger partial charge < -0.3 is 15.2 Å². The highest BCUT2D eigenvalue weighted by Crippen LogP contribution is 2.27. The first-order chi connectivity index (χ1) is 8.69. The molecule has 0 unspecified atom stereocenters. The molecule has 3 aromatic heterocycles. The van der Waals surface area contributed by atoms with Crippen LogP contribution in [-0.2, 0) is 6.54 Å². The smallest absolute Gasteiger partial charge is 0.177 e. The van der Waals surface area contributed by atoms with Crippen molar-refractivity contribution in [1.29, 1.82) is 0 Å². The number of aromatic amines is 1. The molecule has 0 aromatic carbocycles. The SMILES string of the molecule is Cc1noc(C)c1-c1cnc2nc(C[NH3+])[nH]c2c1. The van der Waals surface area contributed by atoms with Gasteiger partial charge in [-0.2, -0.15) is 0 Å². The Morgan fingerprint density at radius 2 is 2.22 bits per heavy atom. The summed E-state index contributed by atoms with van der Waals surface area (Å²) in [5.74, 6) is 1.64. The number of hydrogen-bond donors (Lipinski definition) is 2. The van der Waals surface area contributed by atoms with Gasteiger partial charge in [-0.3, -0.25) is 0 Å².